The number of likely N-dealkylation sites (tertiary alicyclic amines) is 1. The van der Waals surface area contributed by atoms with Crippen molar-refractivity contribution in [2.24, 2.45) is 0 Å². The van der Waals surface area contributed by atoms with Gasteiger partial charge >= 0.3 is 6.03 Å². The molecule has 8 nitrogen and oxygen atoms in total. The predicted molar refractivity (Wildman–Crippen MR) is 136 cm³/mol. The van der Waals surface area contributed by atoms with Gasteiger partial charge in [0.2, 0.25) is 15.9 Å². The molecule has 0 spiro atoms. The molecule has 2 aliphatic rings. The van der Waals surface area contributed by atoms with E-state index in [1.54, 1.807) is 18.7 Å². The number of urea groups is 1. The minimum atomic E-state index is -3.80. The third-order valence-electron chi connectivity index (χ3n) is 6.72. The third kappa shape index (κ3) is 5.51. The number of nitrogens with zero attached hydrogens (tertiary/aromatic N) is 2. The van der Waals surface area contributed by atoms with Crippen LogP contribution in [0.1, 0.15) is 47.9 Å². The maximum Gasteiger partial charge on any atom is 0.321 e. The zero-order valence-electron chi connectivity index (χ0n) is 20.6. The van der Waals surface area contributed by atoms with Gasteiger partial charge in [0, 0.05) is 31.9 Å². The first kappa shape index (κ1) is 25.2. The number of carbonyl (C=O) groups is 2. The lowest BCUT2D eigenvalue weighted by molar-refractivity contribution is -0.124. The number of aryl methyl sites for hydroxylation is 3. The topological polar surface area (TPSA) is 98.8 Å². The van der Waals surface area contributed by atoms with Crippen LogP contribution >= 0.6 is 0 Å². The molecule has 0 aromatic heterocycles. The molecule has 3 amide bonds. The van der Waals surface area contributed by atoms with E-state index in [0.717, 1.165) is 37.1 Å². The molecule has 9 heteroatoms. The van der Waals surface area contributed by atoms with Crippen LogP contribution in [0.3, 0.4) is 0 Å². The molecule has 35 heavy (non-hydrogen) atoms. The molecule has 0 radical (unpaired) electrons. The van der Waals surface area contributed by atoms with E-state index in [1.165, 1.54) is 4.31 Å². The summed E-state index contributed by atoms with van der Waals surface area (Å²) in [5, 5.41) is 5.81. The lowest BCUT2D eigenvalue weighted by Crippen LogP contribution is -2.45. The van der Waals surface area contributed by atoms with Crippen LogP contribution in [-0.4, -0.2) is 55.2 Å². The monoisotopic (exact) mass is 498 g/mol. The predicted octanol–water partition coefficient (Wildman–Crippen LogP) is 3.71. The van der Waals surface area contributed by atoms with E-state index in [-0.39, 0.29) is 18.5 Å². The minimum Gasteiger partial charge on any atom is -0.351 e. The van der Waals surface area contributed by atoms with Gasteiger partial charge < -0.3 is 15.5 Å². The summed E-state index contributed by atoms with van der Waals surface area (Å²) in [4.78, 5) is 27.5. The highest BCUT2D eigenvalue weighted by Crippen LogP contribution is 2.30. The molecular weight excluding hydrogens is 464 g/mol. The van der Waals surface area contributed by atoms with Crippen LogP contribution in [0.15, 0.2) is 41.3 Å². The highest BCUT2D eigenvalue weighted by molar-refractivity contribution is 7.89. The maximum absolute atomic E-state index is 13.5. The van der Waals surface area contributed by atoms with Crippen molar-refractivity contribution < 1.29 is 18.0 Å². The Morgan fingerprint density at radius 2 is 1.66 bits per heavy atom. The smallest absolute Gasteiger partial charge is 0.321 e. The molecule has 2 fully saturated rings. The van der Waals surface area contributed by atoms with Gasteiger partial charge in [-0.1, -0.05) is 29.8 Å². The van der Waals surface area contributed by atoms with Gasteiger partial charge in [-0.2, -0.15) is 4.31 Å². The van der Waals surface area contributed by atoms with E-state index in [1.807, 2.05) is 43.3 Å². The highest BCUT2D eigenvalue weighted by atomic mass is 32.2. The van der Waals surface area contributed by atoms with E-state index >= 15 is 0 Å². The summed E-state index contributed by atoms with van der Waals surface area (Å²) in [6.45, 7) is 7.65. The number of nitrogens with one attached hydrogen (secondary N) is 2. The van der Waals surface area contributed by atoms with Crippen LogP contribution in [0, 0.1) is 20.8 Å². The zero-order valence-corrected chi connectivity index (χ0v) is 21.5. The minimum absolute atomic E-state index is 0.114. The number of amides is 3. The van der Waals surface area contributed by atoms with Gasteiger partial charge in [0.25, 0.3) is 0 Å². The lowest BCUT2D eigenvalue weighted by atomic mass is 10.1. The molecular formula is C26H34N4O4S. The molecule has 0 saturated carbocycles. The first-order valence-electron chi connectivity index (χ1n) is 12.2. The van der Waals surface area contributed by atoms with E-state index < -0.39 is 16.1 Å². The van der Waals surface area contributed by atoms with Gasteiger partial charge in [-0.15, -0.1) is 0 Å². The van der Waals surface area contributed by atoms with Gasteiger partial charge in [0.15, 0.2) is 0 Å². The van der Waals surface area contributed by atoms with Crippen molar-refractivity contribution in [1.29, 1.82) is 0 Å². The van der Waals surface area contributed by atoms with E-state index in [2.05, 4.69) is 10.6 Å². The van der Waals surface area contributed by atoms with Crippen molar-refractivity contribution in [3.05, 3.63) is 58.7 Å². The van der Waals surface area contributed by atoms with Crippen molar-refractivity contribution >= 4 is 27.6 Å². The molecule has 1 unspecified atom stereocenters. The SMILES string of the molecule is Cc1cc(C)c(S(=O)(=O)N2CCCC2C(=O)NCc2cccc(NC(=O)N3CCCC3)c2)c(C)c1. The fraction of sp³-hybridized carbons (Fsp3) is 0.462. The summed E-state index contributed by atoms with van der Waals surface area (Å²) in [5.41, 5.74) is 3.90. The number of anilines is 1. The number of carbonyl (C=O) groups excluding carboxylic acids is 2. The Morgan fingerprint density at radius 3 is 2.34 bits per heavy atom. The van der Waals surface area contributed by atoms with Gasteiger partial charge in [-0.3, -0.25) is 4.79 Å². The average Bonchev–Trinajstić information content (AvgIpc) is 3.49. The first-order valence-corrected chi connectivity index (χ1v) is 13.6. The second kappa shape index (κ2) is 10.4. The van der Waals surface area contributed by atoms with Crippen LogP contribution < -0.4 is 10.6 Å². The maximum atomic E-state index is 13.5. The largest absolute Gasteiger partial charge is 0.351 e. The second-order valence-electron chi connectivity index (χ2n) is 9.54. The van der Waals surface area contributed by atoms with Gasteiger partial charge in [-0.05, 0) is 75.3 Å². The van der Waals surface area contributed by atoms with Crippen LogP contribution in [-0.2, 0) is 21.4 Å². The summed E-state index contributed by atoms with van der Waals surface area (Å²) >= 11 is 0. The van der Waals surface area contributed by atoms with Gasteiger partial charge in [0.1, 0.15) is 6.04 Å². The molecule has 2 aliphatic heterocycles. The number of rotatable bonds is 6. The number of benzene rings is 2. The Bertz CT molecular complexity index is 1200. The fourth-order valence-electron chi connectivity index (χ4n) is 5.17. The van der Waals surface area contributed by atoms with Crippen LogP contribution in [0.25, 0.3) is 0 Å². The van der Waals surface area contributed by atoms with Crippen molar-refractivity contribution in [3.63, 3.8) is 0 Å². The molecule has 0 bridgehead atoms. The molecule has 1 atom stereocenters. The van der Waals surface area contributed by atoms with Crippen LogP contribution in [0.5, 0.6) is 0 Å². The second-order valence-corrected chi connectivity index (χ2v) is 11.4. The summed E-state index contributed by atoms with van der Waals surface area (Å²) in [5.74, 6) is -0.306. The molecule has 2 heterocycles. The van der Waals surface area contributed by atoms with Gasteiger partial charge in [-0.25, -0.2) is 13.2 Å². The summed E-state index contributed by atoms with van der Waals surface area (Å²) in [7, 11) is -3.80. The first-order chi connectivity index (χ1) is 16.7. The molecule has 4 rings (SSSR count). The van der Waals surface area contributed by atoms with Gasteiger partial charge in [0.05, 0.1) is 4.90 Å². The summed E-state index contributed by atoms with van der Waals surface area (Å²) < 4.78 is 28.4. The quantitative estimate of drug-likeness (QED) is 0.634. The third-order valence-corrected chi connectivity index (χ3v) is 8.93. The Balaban J connectivity index is 1.42. The molecule has 2 aromatic carbocycles. The Kier molecular flexibility index (Phi) is 7.47. The molecule has 2 saturated heterocycles. The summed E-state index contributed by atoms with van der Waals surface area (Å²) in [6.07, 6.45) is 3.17. The van der Waals surface area contributed by atoms with Crippen molar-refractivity contribution in [2.45, 2.75) is 63.9 Å². The van der Waals surface area contributed by atoms with E-state index in [0.29, 0.717) is 41.1 Å². The van der Waals surface area contributed by atoms with Crippen LogP contribution in [0.2, 0.25) is 0 Å². The number of sulfonamides is 1. The number of hydrogen-bond acceptors (Lipinski definition) is 4. The molecule has 188 valence electrons. The molecule has 2 aromatic rings. The average molecular weight is 499 g/mol. The van der Waals surface area contributed by atoms with E-state index in [4.69, 9.17) is 0 Å². The zero-order chi connectivity index (χ0) is 25.2. The Morgan fingerprint density at radius 1 is 0.971 bits per heavy atom. The van der Waals surface area contributed by atoms with Crippen molar-refractivity contribution in [2.75, 3.05) is 25.0 Å². The highest BCUT2D eigenvalue weighted by Gasteiger charge is 2.40. The summed E-state index contributed by atoms with van der Waals surface area (Å²) in [6, 6.07) is 10.2. The van der Waals surface area contributed by atoms with E-state index in [9.17, 15) is 18.0 Å². The normalized spacial score (nSPS) is 18.6. The fourth-order valence-corrected chi connectivity index (χ4v) is 7.24. The van der Waals surface area contributed by atoms with Crippen LogP contribution in [0.4, 0.5) is 10.5 Å². The Labute approximate surface area is 207 Å². The van der Waals surface area contributed by atoms with Crippen molar-refractivity contribution in [3.8, 4) is 0 Å². The number of hydrogen-bond donors (Lipinski definition) is 2. The molecule has 2 N–H and O–H groups in total. The van der Waals surface area contributed by atoms with Crippen molar-refractivity contribution in [1.82, 2.24) is 14.5 Å². The Hall–Kier alpha value is -2.91. The lowest BCUT2D eigenvalue weighted by Gasteiger charge is -2.25. The standard InChI is InChI=1S/C26H34N4O4S/c1-18-14-19(2)24(20(3)15-18)35(33,34)30-13-7-10-23(30)25(31)27-17-21-8-6-9-22(16-21)28-26(32)29-11-4-5-12-29/h6,8-9,14-16,23H,4-5,7,10-13,17H2,1-3H3,(H,27,31)(H,28,32). The molecule has 0 aliphatic carbocycles.